The van der Waals surface area contributed by atoms with Gasteiger partial charge in [-0.3, -0.25) is 4.79 Å². The number of aliphatic hydroxyl groups is 1. The number of aliphatic hydroxyl groups excluding tert-OH is 1. The second-order valence-electron chi connectivity index (χ2n) is 3.34. The molecule has 5 nitrogen and oxygen atoms in total. The van der Waals surface area contributed by atoms with Gasteiger partial charge in [0.15, 0.2) is 6.10 Å². The first-order chi connectivity index (χ1) is 6.50. The van der Waals surface area contributed by atoms with Gasteiger partial charge in [0.05, 0.1) is 0 Å². The summed E-state index contributed by atoms with van der Waals surface area (Å²) in [6.07, 6.45) is -0.921. The van der Waals surface area contributed by atoms with Crippen LogP contribution in [0, 0.1) is 0 Å². The van der Waals surface area contributed by atoms with Crippen LogP contribution < -0.4 is 0 Å². The molecule has 80 valence electrons. The summed E-state index contributed by atoms with van der Waals surface area (Å²) >= 11 is 4.15. The Bertz CT molecular complexity index is 245. The lowest BCUT2D eigenvalue weighted by molar-refractivity contribution is -0.147. The summed E-state index contributed by atoms with van der Waals surface area (Å²) in [7, 11) is 0. The predicted molar refractivity (Wildman–Crippen MR) is 52.2 cm³/mol. The highest BCUT2D eigenvalue weighted by Gasteiger charge is 2.27. The highest BCUT2D eigenvalue weighted by molar-refractivity contribution is 7.81. The fraction of sp³-hybridized carbons (Fsp3) is 0.750. The lowest BCUT2D eigenvalue weighted by Gasteiger charge is -2.16. The van der Waals surface area contributed by atoms with Crippen LogP contribution >= 0.6 is 12.6 Å². The van der Waals surface area contributed by atoms with Gasteiger partial charge in [0.1, 0.15) is 0 Å². The Morgan fingerprint density at radius 1 is 1.71 bits per heavy atom. The van der Waals surface area contributed by atoms with E-state index in [1.165, 1.54) is 4.90 Å². The van der Waals surface area contributed by atoms with Crippen molar-refractivity contribution >= 4 is 24.5 Å². The van der Waals surface area contributed by atoms with Crippen LogP contribution in [0.2, 0.25) is 0 Å². The number of carbonyl (C=O) groups excluding carboxylic acids is 1. The quantitative estimate of drug-likeness (QED) is 0.549. The number of carboxylic acid groups (broad SMARTS) is 1. The third-order valence-corrected chi connectivity index (χ3v) is 2.50. The lowest BCUT2D eigenvalue weighted by Crippen LogP contribution is -2.31. The molecule has 1 saturated heterocycles. The molecule has 1 amide bonds. The number of aliphatic carboxylic acids is 1. The Kier molecular flexibility index (Phi) is 3.77. The van der Waals surface area contributed by atoms with Crippen LogP contribution in [0.15, 0.2) is 0 Å². The Hall–Kier alpha value is -0.750. The zero-order valence-electron chi connectivity index (χ0n) is 7.59. The molecule has 14 heavy (non-hydrogen) atoms. The van der Waals surface area contributed by atoms with Gasteiger partial charge in [-0.25, -0.2) is 4.79 Å². The molecule has 1 rings (SSSR count). The van der Waals surface area contributed by atoms with Crippen molar-refractivity contribution in [2.24, 2.45) is 0 Å². The smallest absolute Gasteiger partial charge is 0.332 e. The number of carboxylic acids is 1. The monoisotopic (exact) mass is 219 g/mol. The molecular formula is C8H13NO4S. The number of hydrogen-bond donors (Lipinski definition) is 3. The molecule has 1 heterocycles. The van der Waals surface area contributed by atoms with Crippen molar-refractivity contribution in [2.75, 3.05) is 13.1 Å². The van der Waals surface area contributed by atoms with Crippen LogP contribution in [0.4, 0.5) is 0 Å². The first kappa shape index (κ1) is 11.3. The lowest BCUT2D eigenvalue weighted by atomic mass is 10.2. The third-order valence-electron chi connectivity index (χ3n) is 2.15. The third kappa shape index (κ3) is 2.88. The van der Waals surface area contributed by atoms with Crippen molar-refractivity contribution in [1.82, 2.24) is 4.90 Å². The van der Waals surface area contributed by atoms with Crippen molar-refractivity contribution in [3.8, 4) is 0 Å². The number of thiol groups is 1. The normalized spacial score (nSPS) is 24.0. The highest BCUT2D eigenvalue weighted by atomic mass is 32.1. The maximum absolute atomic E-state index is 11.2. The van der Waals surface area contributed by atoms with Crippen LogP contribution in [-0.4, -0.2) is 51.4 Å². The van der Waals surface area contributed by atoms with Gasteiger partial charge < -0.3 is 15.1 Å². The van der Waals surface area contributed by atoms with E-state index in [4.69, 9.17) is 10.2 Å². The predicted octanol–water partition coefficient (Wildman–Crippen LogP) is -0.647. The minimum atomic E-state index is -1.39. The van der Waals surface area contributed by atoms with E-state index in [9.17, 15) is 9.59 Å². The second-order valence-corrected chi connectivity index (χ2v) is 4.07. The van der Waals surface area contributed by atoms with Crippen LogP contribution in [0.25, 0.3) is 0 Å². The minimum Gasteiger partial charge on any atom is -0.479 e. The SMILES string of the molecule is O=C(O)[C@@H](O)CCN1CC(S)CC1=O. The highest BCUT2D eigenvalue weighted by Crippen LogP contribution is 2.16. The molecule has 1 unspecified atom stereocenters. The molecule has 1 aliphatic heterocycles. The number of rotatable bonds is 4. The van der Waals surface area contributed by atoms with Gasteiger partial charge in [-0.2, -0.15) is 12.6 Å². The van der Waals surface area contributed by atoms with Crippen molar-refractivity contribution in [1.29, 1.82) is 0 Å². The molecule has 2 atom stereocenters. The Morgan fingerprint density at radius 3 is 2.79 bits per heavy atom. The van der Waals surface area contributed by atoms with Crippen LogP contribution in [0.1, 0.15) is 12.8 Å². The van der Waals surface area contributed by atoms with E-state index in [2.05, 4.69) is 12.6 Å². The Balaban J connectivity index is 2.31. The van der Waals surface area contributed by atoms with Crippen molar-refractivity contribution < 1.29 is 19.8 Å². The van der Waals surface area contributed by atoms with Crippen molar-refractivity contribution in [2.45, 2.75) is 24.2 Å². The van der Waals surface area contributed by atoms with Gasteiger partial charge in [-0.05, 0) is 0 Å². The Morgan fingerprint density at radius 2 is 2.36 bits per heavy atom. The molecule has 1 aliphatic rings. The first-order valence-corrected chi connectivity index (χ1v) is 4.89. The molecule has 0 saturated carbocycles. The Labute approximate surface area is 87.1 Å². The summed E-state index contributed by atoms with van der Waals surface area (Å²) in [6, 6.07) is 0. The van der Waals surface area contributed by atoms with Gasteiger partial charge in [0, 0.05) is 31.2 Å². The van der Waals surface area contributed by atoms with E-state index in [1.54, 1.807) is 0 Å². The molecule has 0 bridgehead atoms. The number of amides is 1. The van der Waals surface area contributed by atoms with E-state index >= 15 is 0 Å². The van der Waals surface area contributed by atoms with Gasteiger partial charge in [-0.1, -0.05) is 0 Å². The van der Waals surface area contributed by atoms with Crippen LogP contribution in [0.3, 0.4) is 0 Å². The molecule has 0 spiro atoms. The largest absolute Gasteiger partial charge is 0.479 e. The molecule has 0 aromatic carbocycles. The first-order valence-electron chi connectivity index (χ1n) is 4.37. The van der Waals surface area contributed by atoms with E-state index in [0.717, 1.165) is 0 Å². The standard InChI is InChI=1S/C8H13NO4S/c10-6(8(12)13)1-2-9-4-5(14)3-7(9)11/h5-6,10,14H,1-4H2,(H,12,13)/t5?,6-/m0/s1. The van der Waals surface area contributed by atoms with Gasteiger partial charge in [-0.15, -0.1) is 0 Å². The summed E-state index contributed by atoms with van der Waals surface area (Å²) in [5.41, 5.74) is 0. The average Bonchev–Trinajstić information content (AvgIpc) is 2.40. The van der Waals surface area contributed by atoms with Crippen LogP contribution in [0.5, 0.6) is 0 Å². The van der Waals surface area contributed by atoms with E-state index in [-0.39, 0.29) is 24.1 Å². The number of likely N-dealkylation sites (tertiary alicyclic amines) is 1. The van der Waals surface area contributed by atoms with Crippen molar-refractivity contribution in [3.63, 3.8) is 0 Å². The molecule has 2 N–H and O–H groups in total. The molecule has 0 radical (unpaired) electrons. The van der Waals surface area contributed by atoms with E-state index in [1.807, 2.05) is 0 Å². The molecule has 0 aliphatic carbocycles. The zero-order valence-corrected chi connectivity index (χ0v) is 8.48. The number of nitrogens with zero attached hydrogens (tertiary/aromatic N) is 1. The minimum absolute atomic E-state index is 0.0254. The summed E-state index contributed by atoms with van der Waals surface area (Å²) in [5.74, 6) is -1.28. The maximum Gasteiger partial charge on any atom is 0.332 e. The van der Waals surface area contributed by atoms with Gasteiger partial charge >= 0.3 is 5.97 Å². The zero-order chi connectivity index (χ0) is 10.7. The van der Waals surface area contributed by atoms with Crippen LogP contribution in [-0.2, 0) is 9.59 Å². The summed E-state index contributed by atoms with van der Waals surface area (Å²) in [5, 5.41) is 17.4. The molecule has 0 aromatic heterocycles. The maximum atomic E-state index is 11.2. The fourth-order valence-electron chi connectivity index (χ4n) is 1.37. The number of hydrogen-bond acceptors (Lipinski definition) is 4. The summed E-state index contributed by atoms with van der Waals surface area (Å²) in [4.78, 5) is 23.0. The molecule has 0 aromatic rings. The van der Waals surface area contributed by atoms with E-state index < -0.39 is 12.1 Å². The topological polar surface area (TPSA) is 77.8 Å². The number of carbonyl (C=O) groups is 2. The second kappa shape index (κ2) is 4.65. The van der Waals surface area contributed by atoms with E-state index in [0.29, 0.717) is 13.0 Å². The summed E-state index contributed by atoms with van der Waals surface area (Å²) < 4.78 is 0. The van der Waals surface area contributed by atoms with Crippen molar-refractivity contribution in [3.05, 3.63) is 0 Å². The van der Waals surface area contributed by atoms with Gasteiger partial charge in [0.2, 0.25) is 5.91 Å². The average molecular weight is 219 g/mol. The fourth-order valence-corrected chi connectivity index (χ4v) is 1.72. The van der Waals surface area contributed by atoms with Gasteiger partial charge in [0.25, 0.3) is 0 Å². The summed E-state index contributed by atoms with van der Waals surface area (Å²) in [6.45, 7) is 0.817. The molecule has 1 fully saturated rings. The molecular weight excluding hydrogens is 206 g/mol. The molecule has 6 heteroatoms.